The minimum atomic E-state index is 0.195. The summed E-state index contributed by atoms with van der Waals surface area (Å²) in [5, 5.41) is 0. The molecule has 0 unspecified atom stereocenters. The van der Waals surface area contributed by atoms with Crippen molar-refractivity contribution in [2.24, 2.45) is 5.92 Å². The minimum Gasteiger partial charge on any atom is -0.340 e. The van der Waals surface area contributed by atoms with Crippen LogP contribution in [0.25, 0.3) is 33.2 Å². The molecule has 0 bridgehead atoms. The Balaban J connectivity index is 1.38. The number of anilines is 1. The Hall–Kier alpha value is -4.15. The first-order chi connectivity index (χ1) is 17.0. The third kappa shape index (κ3) is 3.72. The molecule has 0 radical (unpaired) electrons. The zero-order valence-electron chi connectivity index (χ0n) is 19.8. The maximum absolute atomic E-state index is 12.8. The molecule has 4 heterocycles. The molecule has 1 fully saturated rings. The Morgan fingerprint density at radius 2 is 1.94 bits per heavy atom. The van der Waals surface area contributed by atoms with Crippen LogP contribution in [0.2, 0.25) is 0 Å². The van der Waals surface area contributed by atoms with Gasteiger partial charge in [-0.05, 0) is 55.4 Å². The Kier molecular flexibility index (Phi) is 5.05. The van der Waals surface area contributed by atoms with E-state index < -0.39 is 0 Å². The van der Waals surface area contributed by atoms with Crippen molar-refractivity contribution in [3.8, 4) is 28.3 Å². The summed E-state index contributed by atoms with van der Waals surface area (Å²) in [6.07, 6.45) is 6.57. The second-order valence-electron chi connectivity index (χ2n) is 9.67. The molecule has 0 spiro atoms. The SMILES string of the molecule is [C-]#[N+]c1ccc(-c2cc3n(c2)Cc2cc(N4C[C@H](CN(C)C)CC4=O)ccc2-n2ccnc2-3)cc1. The van der Waals surface area contributed by atoms with E-state index in [0.717, 1.165) is 52.7 Å². The third-order valence-electron chi connectivity index (χ3n) is 6.90. The number of aromatic nitrogens is 3. The molecule has 2 aliphatic heterocycles. The second kappa shape index (κ2) is 8.26. The van der Waals surface area contributed by atoms with Crippen LogP contribution < -0.4 is 4.90 Å². The van der Waals surface area contributed by atoms with E-state index >= 15 is 0 Å². The van der Waals surface area contributed by atoms with Crippen LogP contribution >= 0.6 is 0 Å². The molecule has 4 aromatic rings. The maximum Gasteiger partial charge on any atom is 0.227 e. The van der Waals surface area contributed by atoms with Crippen LogP contribution in [-0.2, 0) is 11.3 Å². The zero-order chi connectivity index (χ0) is 24.1. The maximum atomic E-state index is 12.8. The van der Waals surface area contributed by atoms with Crippen LogP contribution in [-0.4, -0.2) is 52.1 Å². The van der Waals surface area contributed by atoms with Crippen molar-refractivity contribution >= 4 is 17.3 Å². The highest BCUT2D eigenvalue weighted by Gasteiger charge is 2.31. The summed E-state index contributed by atoms with van der Waals surface area (Å²) in [6.45, 7) is 9.55. The van der Waals surface area contributed by atoms with Crippen LogP contribution in [0.1, 0.15) is 12.0 Å². The molecule has 1 atom stereocenters. The van der Waals surface area contributed by atoms with Crippen molar-refractivity contribution in [1.82, 2.24) is 19.0 Å². The molecule has 6 rings (SSSR count). The average Bonchev–Trinajstić information content (AvgIpc) is 3.56. The highest BCUT2D eigenvalue weighted by molar-refractivity contribution is 5.96. The average molecular weight is 463 g/mol. The van der Waals surface area contributed by atoms with Gasteiger partial charge in [-0.15, -0.1) is 0 Å². The van der Waals surface area contributed by atoms with Gasteiger partial charge in [-0.3, -0.25) is 9.36 Å². The summed E-state index contributed by atoms with van der Waals surface area (Å²) >= 11 is 0. The lowest BCUT2D eigenvalue weighted by Gasteiger charge is -2.20. The Morgan fingerprint density at radius 1 is 1.11 bits per heavy atom. The number of hydrogen-bond donors (Lipinski definition) is 0. The molecule has 0 N–H and O–H groups in total. The van der Waals surface area contributed by atoms with Gasteiger partial charge in [-0.1, -0.05) is 24.3 Å². The van der Waals surface area contributed by atoms with E-state index in [2.05, 4.69) is 68.4 Å². The molecule has 174 valence electrons. The van der Waals surface area contributed by atoms with Gasteiger partial charge in [0.25, 0.3) is 0 Å². The van der Waals surface area contributed by atoms with E-state index in [1.165, 1.54) is 0 Å². The van der Waals surface area contributed by atoms with E-state index in [1.54, 1.807) is 0 Å². The molecule has 35 heavy (non-hydrogen) atoms. The fraction of sp³-hybridized carbons (Fsp3) is 0.250. The van der Waals surface area contributed by atoms with E-state index in [-0.39, 0.29) is 5.91 Å². The van der Waals surface area contributed by atoms with Gasteiger partial charge in [0, 0.05) is 55.9 Å². The Labute approximate surface area is 204 Å². The monoisotopic (exact) mass is 462 g/mol. The normalized spacial score (nSPS) is 16.6. The summed E-state index contributed by atoms with van der Waals surface area (Å²) in [5.41, 5.74) is 7.03. The van der Waals surface area contributed by atoms with E-state index in [4.69, 9.17) is 6.57 Å². The summed E-state index contributed by atoms with van der Waals surface area (Å²) in [5.74, 6) is 1.44. The van der Waals surface area contributed by atoms with Crippen LogP contribution in [0, 0.1) is 12.5 Å². The van der Waals surface area contributed by atoms with Gasteiger partial charge in [0.15, 0.2) is 11.5 Å². The Bertz CT molecular complexity index is 1470. The minimum absolute atomic E-state index is 0.195. The van der Waals surface area contributed by atoms with Gasteiger partial charge >= 0.3 is 0 Å². The predicted molar refractivity (Wildman–Crippen MR) is 137 cm³/mol. The molecule has 0 saturated carbocycles. The standard InChI is InChI=1S/C28H26N6O/c1-29-23-6-4-20(5-7-23)21-14-26-28-30-10-11-33(28)25-9-8-24(13-22(25)18-32(26)17-21)34-16-19(12-27(34)35)15-31(2)3/h4-11,13-14,17,19H,12,15-16,18H2,2-3H3/t19-/m0/s1. The summed E-state index contributed by atoms with van der Waals surface area (Å²) < 4.78 is 4.36. The predicted octanol–water partition coefficient (Wildman–Crippen LogP) is 4.83. The van der Waals surface area contributed by atoms with Crippen molar-refractivity contribution in [3.63, 3.8) is 0 Å². The van der Waals surface area contributed by atoms with Crippen molar-refractivity contribution in [3.05, 3.63) is 84.1 Å². The van der Waals surface area contributed by atoms with Crippen molar-refractivity contribution in [2.45, 2.75) is 13.0 Å². The topological polar surface area (TPSA) is 50.7 Å². The number of carbonyl (C=O) groups excluding carboxylic acids is 1. The molecule has 2 aromatic carbocycles. The molecule has 7 nitrogen and oxygen atoms in total. The number of hydrogen-bond acceptors (Lipinski definition) is 3. The van der Waals surface area contributed by atoms with Crippen molar-refractivity contribution in [2.75, 3.05) is 32.1 Å². The summed E-state index contributed by atoms with van der Waals surface area (Å²) in [6, 6.07) is 16.2. The van der Waals surface area contributed by atoms with Gasteiger partial charge < -0.3 is 14.4 Å². The van der Waals surface area contributed by atoms with Crippen LogP contribution in [0.3, 0.4) is 0 Å². The summed E-state index contributed by atoms with van der Waals surface area (Å²) in [4.78, 5) is 25.1. The number of rotatable bonds is 4. The first-order valence-corrected chi connectivity index (χ1v) is 11.8. The molecule has 1 amide bonds. The molecular weight excluding hydrogens is 436 g/mol. The first-order valence-electron chi connectivity index (χ1n) is 11.8. The second-order valence-corrected chi connectivity index (χ2v) is 9.67. The fourth-order valence-electron chi connectivity index (χ4n) is 5.36. The highest BCUT2D eigenvalue weighted by atomic mass is 16.2. The lowest BCUT2D eigenvalue weighted by molar-refractivity contribution is -0.117. The van der Waals surface area contributed by atoms with Crippen LogP contribution in [0.15, 0.2) is 67.1 Å². The number of fused-ring (bicyclic) bond motifs is 5. The third-order valence-corrected chi connectivity index (χ3v) is 6.90. The van der Waals surface area contributed by atoms with E-state index in [1.807, 2.05) is 41.6 Å². The highest BCUT2D eigenvalue weighted by Crippen LogP contribution is 2.36. The molecule has 2 aromatic heterocycles. The number of benzene rings is 2. The number of nitrogens with zero attached hydrogens (tertiary/aromatic N) is 6. The summed E-state index contributed by atoms with van der Waals surface area (Å²) in [7, 11) is 4.11. The number of imidazole rings is 1. The molecule has 1 saturated heterocycles. The number of amides is 1. The van der Waals surface area contributed by atoms with Gasteiger partial charge in [0.2, 0.25) is 5.91 Å². The molecular formula is C28H26N6O. The van der Waals surface area contributed by atoms with Gasteiger partial charge in [-0.2, -0.15) is 0 Å². The molecule has 2 aliphatic rings. The van der Waals surface area contributed by atoms with Crippen molar-refractivity contribution < 1.29 is 4.79 Å². The number of carbonyl (C=O) groups is 1. The lowest BCUT2D eigenvalue weighted by atomic mass is 10.1. The van der Waals surface area contributed by atoms with Gasteiger partial charge in [0.1, 0.15) is 0 Å². The van der Waals surface area contributed by atoms with Gasteiger partial charge in [0.05, 0.1) is 18.0 Å². The quantitative estimate of drug-likeness (QED) is 0.359. The molecule has 7 heteroatoms. The van der Waals surface area contributed by atoms with Crippen LogP contribution in [0.5, 0.6) is 0 Å². The largest absolute Gasteiger partial charge is 0.340 e. The van der Waals surface area contributed by atoms with Gasteiger partial charge in [-0.25, -0.2) is 9.83 Å². The fourth-order valence-corrected chi connectivity index (χ4v) is 5.36. The smallest absolute Gasteiger partial charge is 0.227 e. The van der Waals surface area contributed by atoms with Crippen LogP contribution in [0.4, 0.5) is 11.4 Å². The van der Waals surface area contributed by atoms with E-state index in [9.17, 15) is 4.79 Å². The van der Waals surface area contributed by atoms with Crippen molar-refractivity contribution in [1.29, 1.82) is 0 Å². The first kappa shape index (κ1) is 21.4. The van der Waals surface area contributed by atoms with E-state index in [0.29, 0.717) is 24.6 Å². The lowest BCUT2D eigenvalue weighted by Crippen LogP contribution is -2.27. The zero-order valence-corrected chi connectivity index (χ0v) is 19.8. The molecule has 0 aliphatic carbocycles. The Morgan fingerprint density at radius 3 is 2.71 bits per heavy atom.